The van der Waals surface area contributed by atoms with Crippen LogP contribution in [0, 0.1) is 10.8 Å². The zero-order chi connectivity index (χ0) is 19.1. The van der Waals surface area contributed by atoms with Crippen LogP contribution in [0.25, 0.3) is 0 Å². The molecular weight excluding hydrogens is 300 g/mol. The summed E-state index contributed by atoms with van der Waals surface area (Å²) in [7, 11) is 0. The van der Waals surface area contributed by atoms with Crippen LogP contribution in [0.2, 0.25) is 0 Å². The number of hydrogen-bond donors (Lipinski definition) is 2. The van der Waals surface area contributed by atoms with E-state index in [1.54, 1.807) is 0 Å². The van der Waals surface area contributed by atoms with Gasteiger partial charge >= 0.3 is 0 Å². The van der Waals surface area contributed by atoms with Crippen molar-refractivity contribution in [1.82, 2.24) is 0 Å². The Morgan fingerprint density at radius 2 is 1.52 bits per heavy atom. The summed E-state index contributed by atoms with van der Waals surface area (Å²) in [5.74, 6) is 0. The van der Waals surface area contributed by atoms with Gasteiger partial charge in [-0.1, -0.05) is 80.2 Å². The third kappa shape index (κ3) is 10.8. The molecule has 0 saturated heterocycles. The van der Waals surface area contributed by atoms with Gasteiger partial charge < -0.3 is 4.55 Å². The summed E-state index contributed by atoms with van der Waals surface area (Å²) in [4.78, 5) is 0. The summed E-state index contributed by atoms with van der Waals surface area (Å²) >= 11 is 2.53. The maximum Gasteiger partial charge on any atom is -0.00959 e. The fraction of sp³-hybridized carbons (Fsp3) is 0.714. The van der Waals surface area contributed by atoms with E-state index in [-0.39, 0.29) is 5.41 Å². The lowest BCUT2D eigenvalue weighted by Crippen LogP contribution is -2.28. The molecule has 0 spiro atoms. The summed E-state index contributed by atoms with van der Waals surface area (Å²) in [6, 6.07) is 0. The van der Waals surface area contributed by atoms with Crippen LogP contribution in [0.5, 0.6) is 0 Å². The lowest BCUT2D eigenvalue weighted by atomic mass is 9.65. The van der Waals surface area contributed by atoms with E-state index in [2.05, 4.69) is 66.3 Å². The van der Waals surface area contributed by atoms with Crippen LogP contribution in [0.4, 0.5) is 0 Å². The highest BCUT2D eigenvalue weighted by molar-refractivity contribution is 7.74. The second-order valence-corrected chi connectivity index (χ2v) is 6.71. The van der Waals surface area contributed by atoms with Crippen molar-refractivity contribution in [2.24, 2.45) is 10.8 Å². The Morgan fingerprint density at radius 1 is 1.04 bits per heavy atom. The lowest BCUT2D eigenvalue weighted by Gasteiger charge is -2.40. The molecule has 0 aromatic rings. The van der Waals surface area contributed by atoms with Crippen molar-refractivity contribution >= 4 is 12.9 Å². The van der Waals surface area contributed by atoms with Crippen LogP contribution in [0.15, 0.2) is 36.0 Å². The molecule has 0 aromatic carbocycles. The number of hydrogen-bond acceptors (Lipinski definition) is 2. The molecule has 138 valence electrons. The van der Waals surface area contributed by atoms with Gasteiger partial charge in [-0.25, -0.2) is 0 Å². The highest BCUT2D eigenvalue weighted by Gasteiger charge is 2.34. The van der Waals surface area contributed by atoms with Crippen LogP contribution < -0.4 is 0 Å². The highest BCUT2D eigenvalue weighted by atomic mass is 32.1. The van der Waals surface area contributed by atoms with Gasteiger partial charge in [-0.3, -0.25) is 0 Å². The van der Waals surface area contributed by atoms with Crippen molar-refractivity contribution in [3.8, 4) is 0 Å². The summed E-state index contributed by atoms with van der Waals surface area (Å²) in [5, 5.41) is 0. The molecule has 0 atom stereocenters. The maximum atomic E-state index is 6.69. The first-order chi connectivity index (χ1) is 10.8. The summed E-state index contributed by atoms with van der Waals surface area (Å²) in [6.45, 7) is 23.6. The standard InChI is InChI=1S/C17H28.2C2H6.H2OS/c1-7-10-15-14(8-2)11-9-12-16(3,4)13-17(15,5)6;3*1-2/h7-8,10H,1,9,11-13H2,2-6H3;2*1-2H3;1-2H/b14-8-,15-10+;;;. The average Bonchev–Trinajstić information content (AvgIpc) is 2.53. The SMILES string of the molecule is C=C/C=C1\C(=C/C)CCCC(C)(C)CC1(C)C.CC.CC.OS. The van der Waals surface area contributed by atoms with Gasteiger partial charge in [-0.2, -0.15) is 0 Å². The van der Waals surface area contributed by atoms with E-state index in [9.17, 15) is 0 Å². The van der Waals surface area contributed by atoms with Gasteiger partial charge in [0.2, 0.25) is 0 Å². The van der Waals surface area contributed by atoms with Crippen LogP contribution in [-0.2, 0) is 0 Å². The van der Waals surface area contributed by atoms with Crippen LogP contribution >= 0.6 is 12.9 Å². The molecule has 1 N–H and O–H groups in total. The van der Waals surface area contributed by atoms with Gasteiger partial charge in [0.15, 0.2) is 0 Å². The molecule has 0 aromatic heterocycles. The van der Waals surface area contributed by atoms with Gasteiger partial charge in [0.05, 0.1) is 0 Å². The predicted molar refractivity (Wildman–Crippen MR) is 112 cm³/mol. The molecule has 1 saturated carbocycles. The van der Waals surface area contributed by atoms with Gasteiger partial charge in [0.1, 0.15) is 0 Å². The summed E-state index contributed by atoms with van der Waals surface area (Å²) in [6.07, 6.45) is 11.5. The Labute approximate surface area is 152 Å². The minimum absolute atomic E-state index is 0.250. The molecule has 0 amide bonds. The van der Waals surface area contributed by atoms with Gasteiger partial charge in [0, 0.05) is 0 Å². The highest BCUT2D eigenvalue weighted by Crippen LogP contribution is 2.47. The molecule has 1 fully saturated rings. The smallest absolute Gasteiger partial charge is 0.00959 e. The Bertz CT molecular complexity index is 349. The summed E-state index contributed by atoms with van der Waals surface area (Å²) < 4.78 is 6.69. The molecular formula is C21H42OS. The van der Waals surface area contributed by atoms with Gasteiger partial charge in [-0.05, 0) is 67.5 Å². The van der Waals surface area contributed by atoms with Crippen molar-refractivity contribution in [3.05, 3.63) is 36.0 Å². The van der Waals surface area contributed by atoms with Crippen LogP contribution in [0.3, 0.4) is 0 Å². The molecule has 0 aliphatic heterocycles. The molecule has 0 unspecified atom stereocenters. The number of allylic oxidation sites excluding steroid dienone is 5. The van der Waals surface area contributed by atoms with E-state index < -0.39 is 0 Å². The second kappa shape index (κ2) is 15.1. The lowest BCUT2D eigenvalue weighted by molar-refractivity contribution is 0.201. The van der Waals surface area contributed by atoms with E-state index in [0.29, 0.717) is 5.41 Å². The van der Waals surface area contributed by atoms with E-state index in [1.807, 2.05) is 33.8 Å². The molecule has 0 radical (unpaired) electrons. The van der Waals surface area contributed by atoms with Gasteiger partial charge in [0.25, 0.3) is 0 Å². The monoisotopic (exact) mass is 342 g/mol. The Morgan fingerprint density at radius 3 is 1.91 bits per heavy atom. The number of rotatable bonds is 1. The normalized spacial score (nSPS) is 22.0. The molecule has 1 aliphatic rings. The molecule has 23 heavy (non-hydrogen) atoms. The van der Waals surface area contributed by atoms with Crippen molar-refractivity contribution in [2.45, 2.75) is 88.0 Å². The zero-order valence-corrected chi connectivity index (χ0v) is 18.1. The Kier molecular flexibility index (Phi) is 18.0. The molecule has 0 bridgehead atoms. The van der Waals surface area contributed by atoms with E-state index in [0.717, 1.165) is 0 Å². The topological polar surface area (TPSA) is 20.2 Å². The minimum atomic E-state index is 0.250. The van der Waals surface area contributed by atoms with Crippen molar-refractivity contribution in [2.75, 3.05) is 0 Å². The molecule has 1 rings (SSSR count). The van der Waals surface area contributed by atoms with Gasteiger partial charge in [-0.15, -0.1) is 0 Å². The van der Waals surface area contributed by atoms with Crippen molar-refractivity contribution in [3.63, 3.8) is 0 Å². The third-order valence-electron chi connectivity index (χ3n) is 3.93. The van der Waals surface area contributed by atoms with E-state index >= 15 is 0 Å². The van der Waals surface area contributed by atoms with E-state index in [1.165, 1.54) is 36.8 Å². The Hall–Kier alpha value is -0.470. The third-order valence-corrected chi connectivity index (χ3v) is 3.93. The second-order valence-electron chi connectivity index (χ2n) is 6.71. The summed E-state index contributed by atoms with van der Waals surface area (Å²) in [5.41, 5.74) is 3.70. The van der Waals surface area contributed by atoms with E-state index in [4.69, 9.17) is 4.55 Å². The molecule has 1 aliphatic carbocycles. The first-order valence-corrected chi connectivity index (χ1v) is 9.41. The maximum absolute atomic E-state index is 6.69. The quantitative estimate of drug-likeness (QED) is 0.364. The van der Waals surface area contributed by atoms with Crippen LogP contribution in [0.1, 0.15) is 88.0 Å². The molecule has 1 nitrogen and oxygen atoms in total. The number of thiol groups is 1. The van der Waals surface area contributed by atoms with Crippen molar-refractivity contribution < 1.29 is 4.55 Å². The first kappa shape index (κ1) is 27.4. The zero-order valence-electron chi connectivity index (χ0n) is 17.2. The fourth-order valence-electron chi connectivity index (χ4n) is 3.46. The van der Waals surface area contributed by atoms with Crippen LogP contribution in [-0.4, -0.2) is 4.55 Å². The predicted octanol–water partition coefficient (Wildman–Crippen LogP) is 8.11. The van der Waals surface area contributed by atoms with Crippen molar-refractivity contribution in [1.29, 1.82) is 0 Å². The fourth-order valence-corrected chi connectivity index (χ4v) is 3.46. The minimum Gasteiger partial charge on any atom is -0.333 e. The molecule has 0 heterocycles. The Balaban J connectivity index is -0.000000595. The average molecular weight is 343 g/mol. The molecule has 2 heteroatoms. The largest absolute Gasteiger partial charge is 0.333 e. The first-order valence-electron chi connectivity index (χ1n) is 9.01.